The highest BCUT2D eigenvalue weighted by molar-refractivity contribution is 4.88. The first-order valence-electron chi connectivity index (χ1n) is 7.02. The fraction of sp³-hybridized carbons (Fsp3) is 1.00. The molecule has 1 saturated carbocycles. The van der Waals surface area contributed by atoms with Crippen molar-refractivity contribution in [2.45, 2.75) is 52.5 Å². The normalized spacial score (nSPS) is 35.8. The number of hydrogen-bond donors (Lipinski definition) is 2. The third-order valence-corrected chi connectivity index (χ3v) is 4.62. The Morgan fingerprint density at radius 2 is 2.06 bits per heavy atom. The molecule has 1 unspecified atom stereocenters. The highest BCUT2D eigenvalue weighted by Crippen LogP contribution is 2.33. The van der Waals surface area contributed by atoms with E-state index in [1.165, 1.54) is 45.3 Å². The minimum absolute atomic E-state index is 0.451. The Balaban J connectivity index is 1.73. The molecule has 2 N–H and O–H groups in total. The average molecular weight is 224 g/mol. The van der Waals surface area contributed by atoms with Crippen molar-refractivity contribution in [3.05, 3.63) is 0 Å². The second-order valence-electron chi connectivity index (χ2n) is 6.69. The van der Waals surface area contributed by atoms with E-state index in [9.17, 15) is 0 Å². The molecule has 2 nitrogen and oxygen atoms in total. The van der Waals surface area contributed by atoms with Crippen LogP contribution in [0.25, 0.3) is 0 Å². The number of rotatable bonds is 4. The highest BCUT2D eigenvalue weighted by atomic mass is 14.9. The standard InChI is InChI=1S/C14H28N2/c1-11-7-13(8-11)16-10-14(2,3)12-5-4-6-15-9-12/h11-13,15-16H,4-10H2,1-3H3. The first-order valence-corrected chi connectivity index (χ1v) is 7.02. The predicted molar refractivity (Wildman–Crippen MR) is 69.6 cm³/mol. The SMILES string of the molecule is CC1CC(NCC(C)(C)C2CCCNC2)C1. The van der Waals surface area contributed by atoms with Crippen LogP contribution in [-0.4, -0.2) is 25.7 Å². The molecule has 2 rings (SSSR count). The third kappa shape index (κ3) is 2.98. The Morgan fingerprint density at radius 3 is 2.62 bits per heavy atom. The fourth-order valence-corrected chi connectivity index (χ4v) is 3.14. The van der Waals surface area contributed by atoms with Crippen molar-refractivity contribution in [3.63, 3.8) is 0 Å². The predicted octanol–water partition coefficient (Wildman–Crippen LogP) is 2.40. The number of piperidine rings is 1. The fourth-order valence-electron chi connectivity index (χ4n) is 3.14. The van der Waals surface area contributed by atoms with E-state index in [0.717, 1.165) is 17.9 Å². The molecule has 2 fully saturated rings. The lowest BCUT2D eigenvalue weighted by atomic mass is 9.74. The van der Waals surface area contributed by atoms with Gasteiger partial charge in [0.05, 0.1) is 0 Å². The van der Waals surface area contributed by atoms with Crippen molar-refractivity contribution in [2.24, 2.45) is 17.3 Å². The van der Waals surface area contributed by atoms with E-state index in [1.807, 2.05) is 0 Å². The molecule has 0 bridgehead atoms. The Labute approximate surface area is 101 Å². The van der Waals surface area contributed by atoms with Gasteiger partial charge in [0.2, 0.25) is 0 Å². The molecule has 2 heteroatoms. The van der Waals surface area contributed by atoms with Crippen LogP contribution < -0.4 is 10.6 Å². The van der Waals surface area contributed by atoms with Crippen molar-refractivity contribution in [1.82, 2.24) is 10.6 Å². The first kappa shape index (κ1) is 12.4. The maximum atomic E-state index is 3.76. The lowest BCUT2D eigenvalue weighted by Gasteiger charge is -2.41. The molecule has 0 amide bonds. The Kier molecular flexibility index (Phi) is 3.91. The molecule has 0 aromatic rings. The Morgan fingerprint density at radius 1 is 1.31 bits per heavy atom. The van der Waals surface area contributed by atoms with Gasteiger partial charge in [-0.05, 0) is 56.0 Å². The topological polar surface area (TPSA) is 24.1 Å². The maximum absolute atomic E-state index is 3.76. The van der Waals surface area contributed by atoms with E-state index >= 15 is 0 Å². The molecular weight excluding hydrogens is 196 g/mol. The molecule has 1 saturated heterocycles. The second kappa shape index (κ2) is 5.05. The van der Waals surface area contributed by atoms with E-state index in [2.05, 4.69) is 31.4 Å². The van der Waals surface area contributed by atoms with E-state index in [0.29, 0.717) is 5.41 Å². The lowest BCUT2D eigenvalue weighted by Crippen LogP contribution is -2.48. The van der Waals surface area contributed by atoms with Crippen LogP contribution in [0.3, 0.4) is 0 Å². The minimum Gasteiger partial charge on any atom is -0.316 e. The van der Waals surface area contributed by atoms with E-state index in [4.69, 9.17) is 0 Å². The molecule has 0 radical (unpaired) electrons. The lowest BCUT2D eigenvalue weighted by molar-refractivity contribution is 0.141. The molecular formula is C14H28N2. The summed E-state index contributed by atoms with van der Waals surface area (Å²) in [5.74, 6) is 1.81. The largest absolute Gasteiger partial charge is 0.316 e. The molecule has 16 heavy (non-hydrogen) atoms. The summed E-state index contributed by atoms with van der Waals surface area (Å²) in [4.78, 5) is 0. The van der Waals surface area contributed by atoms with Crippen molar-refractivity contribution in [1.29, 1.82) is 0 Å². The third-order valence-electron chi connectivity index (χ3n) is 4.62. The van der Waals surface area contributed by atoms with Gasteiger partial charge >= 0.3 is 0 Å². The van der Waals surface area contributed by atoms with Gasteiger partial charge in [0.15, 0.2) is 0 Å². The second-order valence-corrected chi connectivity index (χ2v) is 6.69. The summed E-state index contributed by atoms with van der Waals surface area (Å²) in [6, 6.07) is 0.811. The molecule has 1 heterocycles. The van der Waals surface area contributed by atoms with Gasteiger partial charge < -0.3 is 10.6 Å². The summed E-state index contributed by atoms with van der Waals surface area (Å²) >= 11 is 0. The summed E-state index contributed by atoms with van der Waals surface area (Å²) in [5.41, 5.74) is 0.451. The van der Waals surface area contributed by atoms with E-state index in [1.54, 1.807) is 0 Å². The molecule has 0 aromatic carbocycles. The quantitative estimate of drug-likeness (QED) is 0.766. The summed E-state index contributed by atoms with van der Waals surface area (Å²) in [7, 11) is 0. The monoisotopic (exact) mass is 224 g/mol. The van der Waals surface area contributed by atoms with Crippen LogP contribution >= 0.6 is 0 Å². The molecule has 0 spiro atoms. The summed E-state index contributed by atoms with van der Waals surface area (Å²) < 4.78 is 0. The molecule has 1 aliphatic carbocycles. The zero-order valence-electron chi connectivity index (χ0n) is 11.2. The summed E-state index contributed by atoms with van der Waals surface area (Å²) in [6.45, 7) is 10.8. The van der Waals surface area contributed by atoms with Crippen LogP contribution in [0.15, 0.2) is 0 Å². The molecule has 0 aromatic heterocycles. The van der Waals surface area contributed by atoms with Crippen molar-refractivity contribution < 1.29 is 0 Å². The zero-order chi connectivity index (χ0) is 11.6. The van der Waals surface area contributed by atoms with Crippen molar-refractivity contribution >= 4 is 0 Å². The van der Waals surface area contributed by atoms with Crippen LogP contribution in [0.2, 0.25) is 0 Å². The molecule has 94 valence electrons. The zero-order valence-corrected chi connectivity index (χ0v) is 11.2. The average Bonchev–Trinajstić information content (AvgIpc) is 2.24. The molecule has 1 atom stereocenters. The van der Waals surface area contributed by atoms with Gasteiger partial charge in [-0.15, -0.1) is 0 Å². The van der Waals surface area contributed by atoms with Gasteiger partial charge in [-0.25, -0.2) is 0 Å². The number of hydrogen-bond acceptors (Lipinski definition) is 2. The first-order chi connectivity index (χ1) is 7.58. The smallest absolute Gasteiger partial charge is 0.00723 e. The van der Waals surface area contributed by atoms with Crippen LogP contribution in [0, 0.1) is 17.3 Å². The van der Waals surface area contributed by atoms with Crippen LogP contribution in [0.1, 0.15) is 46.5 Å². The van der Waals surface area contributed by atoms with Crippen molar-refractivity contribution in [3.8, 4) is 0 Å². The van der Waals surface area contributed by atoms with Crippen LogP contribution in [0.5, 0.6) is 0 Å². The summed E-state index contributed by atoms with van der Waals surface area (Å²) in [6.07, 6.45) is 5.54. The number of nitrogens with one attached hydrogen (secondary N) is 2. The van der Waals surface area contributed by atoms with Gasteiger partial charge in [0.1, 0.15) is 0 Å². The maximum Gasteiger partial charge on any atom is 0.00723 e. The van der Waals surface area contributed by atoms with Crippen LogP contribution in [-0.2, 0) is 0 Å². The Hall–Kier alpha value is -0.0800. The van der Waals surface area contributed by atoms with Gasteiger partial charge in [-0.3, -0.25) is 0 Å². The van der Waals surface area contributed by atoms with Crippen LogP contribution in [0.4, 0.5) is 0 Å². The highest BCUT2D eigenvalue weighted by Gasteiger charge is 2.32. The van der Waals surface area contributed by atoms with Crippen molar-refractivity contribution in [2.75, 3.05) is 19.6 Å². The molecule has 2 aliphatic rings. The van der Waals surface area contributed by atoms with Gasteiger partial charge in [0, 0.05) is 12.6 Å². The van der Waals surface area contributed by atoms with Gasteiger partial charge in [-0.2, -0.15) is 0 Å². The van der Waals surface area contributed by atoms with Gasteiger partial charge in [-0.1, -0.05) is 20.8 Å². The Bertz CT molecular complexity index is 213. The summed E-state index contributed by atoms with van der Waals surface area (Å²) in [5, 5.41) is 7.30. The van der Waals surface area contributed by atoms with E-state index in [-0.39, 0.29) is 0 Å². The van der Waals surface area contributed by atoms with Gasteiger partial charge in [0.25, 0.3) is 0 Å². The van der Waals surface area contributed by atoms with E-state index < -0.39 is 0 Å². The molecule has 1 aliphatic heterocycles. The minimum atomic E-state index is 0.451.